The number of fused-ring (bicyclic) bond motifs is 3. The van der Waals surface area contributed by atoms with E-state index in [9.17, 15) is 14.4 Å². The van der Waals surface area contributed by atoms with Crippen molar-refractivity contribution in [3.05, 3.63) is 59.7 Å². The fraction of sp³-hybridized carbons (Fsp3) is 0.375. The molecule has 2 aromatic rings. The summed E-state index contributed by atoms with van der Waals surface area (Å²) in [6.07, 6.45) is 0.0715. The third-order valence-corrected chi connectivity index (χ3v) is 5.75. The maximum atomic E-state index is 12.3. The first-order valence-electron chi connectivity index (χ1n) is 10.7. The van der Waals surface area contributed by atoms with Crippen LogP contribution in [0.25, 0.3) is 11.1 Å². The number of aliphatic hydroxyl groups excluding tert-OH is 1. The number of rotatable bonds is 10. The summed E-state index contributed by atoms with van der Waals surface area (Å²) in [5.74, 6) is -2.02. The van der Waals surface area contributed by atoms with Gasteiger partial charge >= 0.3 is 12.1 Å². The molecule has 0 aromatic heterocycles. The molecule has 0 saturated carbocycles. The lowest BCUT2D eigenvalue weighted by Gasteiger charge is -2.18. The molecule has 8 heteroatoms. The molecule has 1 aliphatic rings. The lowest BCUT2D eigenvalue weighted by atomic mass is 9.98. The number of hydrogen-bond donors (Lipinski definition) is 4. The molecule has 32 heavy (non-hydrogen) atoms. The Hall–Kier alpha value is -3.39. The van der Waals surface area contributed by atoms with E-state index in [1.165, 1.54) is 0 Å². The quantitative estimate of drug-likeness (QED) is 0.450. The van der Waals surface area contributed by atoms with E-state index in [1.54, 1.807) is 0 Å². The predicted octanol–water partition coefficient (Wildman–Crippen LogP) is 2.50. The van der Waals surface area contributed by atoms with Gasteiger partial charge in [-0.25, -0.2) is 9.59 Å². The lowest BCUT2D eigenvalue weighted by Crippen LogP contribution is -2.44. The minimum absolute atomic E-state index is 0.0317. The number of alkyl carbamates (subject to hydrolysis) is 1. The topological polar surface area (TPSA) is 125 Å². The molecular formula is C24H28N2O6. The minimum atomic E-state index is -1.34. The Labute approximate surface area is 186 Å². The number of carbonyl (C=O) groups is 3. The molecule has 8 nitrogen and oxygen atoms in total. The van der Waals surface area contributed by atoms with Gasteiger partial charge in [0.2, 0.25) is 5.91 Å². The Morgan fingerprint density at radius 1 is 1.03 bits per heavy atom. The van der Waals surface area contributed by atoms with Crippen molar-refractivity contribution >= 4 is 18.0 Å². The largest absolute Gasteiger partial charge is 0.480 e. The lowest BCUT2D eigenvalue weighted by molar-refractivity contribution is -0.143. The van der Waals surface area contributed by atoms with Gasteiger partial charge in [0.25, 0.3) is 0 Å². The highest BCUT2D eigenvalue weighted by molar-refractivity contribution is 5.83. The van der Waals surface area contributed by atoms with Gasteiger partial charge in [-0.2, -0.15) is 0 Å². The van der Waals surface area contributed by atoms with Gasteiger partial charge in [0.05, 0.1) is 6.61 Å². The summed E-state index contributed by atoms with van der Waals surface area (Å²) < 4.78 is 5.49. The highest BCUT2D eigenvalue weighted by Gasteiger charge is 2.29. The van der Waals surface area contributed by atoms with E-state index in [0.717, 1.165) is 22.3 Å². The normalized spacial score (nSPS) is 14.1. The second-order valence-electron chi connectivity index (χ2n) is 7.83. The van der Waals surface area contributed by atoms with Crippen molar-refractivity contribution in [3.8, 4) is 11.1 Å². The van der Waals surface area contributed by atoms with Crippen LogP contribution in [0.4, 0.5) is 4.79 Å². The second kappa shape index (κ2) is 10.8. The minimum Gasteiger partial charge on any atom is -0.480 e. The second-order valence-corrected chi connectivity index (χ2v) is 7.83. The van der Waals surface area contributed by atoms with Crippen LogP contribution in [0.2, 0.25) is 0 Å². The number of hydrogen-bond acceptors (Lipinski definition) is 5. The van der Waals surface area contributed by atoms with Gasteiger partial charge < -0.3 is 25.6 Å². The summed E-state index contributed by atoms with van der Waals surface area (Å²) in [5, 5.41) is 22.9. The molecule has 0 heterocycles. The van der Waals surface area contributed by atoms with Crippen LogP contribution in [0.3, 0.4) is 0 Å². The highest BCUT2D eigenvalue weighted by atomic mass is 16.5. The SMILES string of the molecule is CCC(CNC(=O)OCC1c2ccccc2-c2ccccc21)CC(=O)N[C@H](CO)C(=O)O. The summed E-state index contributed by atoms with van der Waals surface area (Å²) in [5.41, 5.74) is 4.55. The molecule has 1 unspecified atom stereocenters. The zero-order valence-corrected chi connectivity index (χ0v) is 17.9. The van der Waals surface area contributed by atoms with Crippen LogP contribution in [0.1, 0.15) is 36.8 Å². The number of aliphatic hydroxyl groups is 1. The maximum Gasteiger partial charge on any atom is 0.407 e. The van der Waals surface area contributed by atoms with E-state index in [4.69, 9.17) is 14.9 Å². The molecule has 0 bridgehead atoms. The first-order chi connectivity index (χ1) is 15.4. The zero-order valence-electron chi connectivity index (χ0n) is 17.9. The van der Waals surface area contributed by atoms with Crippen molar-refractivity contribution in [1.29, 1.82) is 0 Å². The molecule has 0 aliphatic heterocycles. The van der Waals surface area contributed by atoms with Crippen molar-refractivity contribution in [1.82, 2.24) is 10.6 Å². The third-order valence-electron chi connectivity index (χ3n) is 5.75. The van der Waals surface area contributed by atoms with Crippen LogP contribution in [0, 0.1) is 5.92 Å². The number of carboxylic acid groups (broad SMARTS) is 1. The van der Waals surface area contributed by atoms with Gasteiger partial charge in [-0.15, -0.1) is 0 Å². The smallest absolute Gasteiger partial charge is 0.407 e. The summed E-state index contributed by atoms with van der Waals surface area (Å²) in [4.78, 5) is 35.3. The van der Waals surface area contributed by atoms with Gasteiger partial charge in [-0.3, -0.25) is 4.79 Å². The summed E-state index contributed by atoms with van der Waals surface area (Å²) >= 11 is 0. The first-order valence-corrected chi connectivity index (χ1v) is 10.7. The molecule has 2 aromatic carbocycles. The maximum absolute atomic E-state index is 12.3. The Kier molecular flexibility index (Phi) is 7.83. The number of amides is 2. The predicted molar refractivity (Wildman–Crippen MR) is 118 cm³/mol. The molecule has 0 spiro atoms. The molecule has 1 aliphatic carbocycles. The molecular weight excluding hydrogens is 412 g/mol. The molecule has 0 fully saturated rings. The van der Waals surface area contributed by atoms with Gasteiger partial charge in [0.1, 0.15) is 12.6 Å². The van der Waals surface area contributed by atoms with Crippen molar-refractivity contribution in [2.75, 3.05) is 19.8 Å². The standard InChI is InChI=1S/C24H28N2O6/c1-2-15(11-22(28)26-21(13-27)23(29)30)12-25-24(31)32-14-20-18-9-5-3-7-16(18)17-8-4-6-10-19(17)20/h3-10,15,20-21,27H,2,11-14H2,1H3,(H,25,31)(H,26,28)(H,29,30)/t15?,21-/m1/s1. The molecule has 0 radical (unpaired) electrons. The monoisotopic (exact) mass is 440 g/mol. The van der Waals surface area contributed by atoms with Crippen LogP contribution in [-0.2, 0) is 14.3 Å². The Bertz CT molecular complexity index is 931. The molecule has 3 rings (SSSR count). The van der Waals surface area contributed by atoms with Crippen LogP contribution in [-0.4, -0.2) is 54.0 Å². The average Bonchev–Trinajstić information content (AvgIpc) is 3.12. The highest BCUT2D eigenvalue weighted by Crippen LogP contribution is 2.44. The molecule has 2 atom stereocenters. The Morgan fingerprint density at radius 3 is 2.16 bits per heavy atom. The van der Waals surface area contributed by atoms with Crippen molar-refractivity contribution in [2.24, 2.45) is 5.92 Å². The van der Waals surface area contributed by atoms with E-state index in [1.807, 2.05) is 43.3 Å². The zero-order chi connectivity index (χ0) is 23.1. The van der Waals surface area contributed by atoms with E-state index in [-0.39, 0.29) is 31.4 Å². The Balaban J connectivity index is 1.51. The Morgan fingerprint density at radius 2 is 1.62 bits per heavy atom. The van der Waals surface area contributed by atoms with E-state index in [2.05, 4.69) is 22.8 Å². The van der Waals surface area contributed by atoms with Crippen LogP contribution in [0.15, 0.2) is 48.5 Å². The van der Waals surface area contributed by atoms with Crippen molar-refractivity contribution in [3.63, 3.8) is 0 Å². The number of ether oxygens (including phenoxy) is 1. The van der Waals surface area contributed by atoms with Crippen LogP contribution >= 0.6 is 0 Å². The van der Waals surface area contributed by atoms with E-state index in [0.29, 0.717) is 6.42 Å². The number of benzene rings is 2. The fourth-order valence-corrected chi connectivity index (χ4v) is 3.94. The summed E-state index contributed by atoms with van der Waals surface area (Å²) in [6, 6.07) is 14.8. The number of aliphatic carboxylic acids is 1. The van der Waals surface area contributed by atoms with Gasteiger partial charge in [0, 0.05) is 18.9 Å². The van der Waals surface area contributed by atoms with E-state index >= 15 is 0 Å². The van der Waals surface area contributed by atoms with Gasteiger partial charge in [-0.05, 0) is 28.2 Å². The average molecular weight is 440 g/mol. The molecule has 2 amide bonds. The van der Waals surface area contributed by atoms with Crippen molar-refractivity contribution < 1.29 is 29.3 Å². The first kappa shape index (κ1) is 23.3. The molecule has 4 N–H and O–H groups in total. The van der Waals surface area contributed by atoms with E-state index < -0.39 is 30.6 Å². The fourth-order valence-electron chi connectivity index (χ4n) is 3.94. The molecule has 0 saturated heterocycles. The number of carboxylic acids is 1. The molecule has 170 valence electrons. The van der Waals surface area contributed by atoms with Crippen LogP contribution in [0.5, 0.6) is 0 Å². The third kappa shape index (κ3) is 5.45. The van der Waals surface area contributed by atoms with Crippen LogP contribution < -0.4 is 10.6 Å². The summed E-state index contributed by atoms with van der Waals surface area (Å²) in [7, 11) is 0. The number of nitrogens with one attached hydrogen (secondary N) is 2. The van der Waals surface area contributed by atoms with Crippen molar-refractivity contribution in [2.45, 2.75) is 31.7 Å². The summed E-state index contributed by atoms with van der Waals surface area (Å²) in [6.45, 7) is 1.61. The van der Waals surface area contributed by atoms with Gasteiger partial charge in [0.15, 0.2) is 0 Å². The van der Waals surface area contributed by atoms with Gasteiger partial charge in [-0.1, -0.05) is 61.9 Å². The number of carbonyl (C=O) groups excluding carboxylic acids is 2.